The SMILES string of the molecule is Cn1nc(-c2ccc(Cl)cc2)cc1NC(=N[C@H]1CCCCN(CC(=O)N2CCCC2)C1=O)NC#N. The van der Waals surface area contributed by atoms with Crippen LogP contribution < -0.4 is 10.6 Å². The molecule has 10 nitrogen and oxygen atoms in total. The van der Waals surface area contributed by atoms with E-state index in [1.54, 1.807) is 28.8 Å². The number of nitriles is 1. The standard InChI is InChI=1S/C24H29ClN8O2/c1-31-21(14-20(30-31)17-7-9-18(25)10-8-17)29-24(27-16-26)28-19-6-2-3-13-33(23(19)35)15-22(34)32-11-4-5-12-32/h7-10,14,19H,2-6,11-13,15H2,1H3,(H2,27,28,29)/t19-/m0/s1. The molecule has 0 unspecified atom stereocenters. The third-order valence-corrected chi connectivity index (χ3v) is 6.51. The van der Waals surface area contributed by atoms with Crippen molar-refractivity contribution < 1.29 is 9.59 Å². The van der Waals surface area contributed by atoms with E-state index in [0.717, 1.165) is 50.0 Å². The van der Waals surface area contributed by atoms with Crippen molar-refractivity contribution in [2.24, 2.45) is 12.0 Å². The fraction of sp³-hybridized carbons (Fsp3) is 0.458. The predicted octanol–water partition coefficient (Wildman–Crippen LogP) is 2.58. The van der Waals surface area contributed by atoms with Gasteiger partial charge in [0.2, 0.25) is 17.8 Å². The topological polar surface area (TPSA) is 119 Å². The van der Waals surface area contributed by atoms with Crippen molar-refractivity contribution in [2.45, 2.75) is 38.1 Å². The quantitative estimate of drug-likeness (QED) is 0.284. The first-order valence-electron chi connectivity index (χ1n) is 11.8. The number of halogens is 1. The molecule has 2 N–H and O–H groups in total. The molecule has 0 spiro atoms. The van der Waals surface area contributed by atoms with E-state index in [-0.39, 0.29) is 24.3 Å². The Morgan fingerprint density at radius 1 is 1.20 bits per heavy atom. The molecule has 0 bridgehead atoms. The number of amides is 2. The Labute approximate surface area is 209 Å². The molecule has 2 aliphatic heterocycles. The monoisotopic (exact) mass is 496 g/mol. The molecule has 1 atom stereocenters. The zero-order valence-electron chi connectivity index (χ0n) is 19.7. The molecule has 11 heteroatoms. The number of guanidine groups is 1. The number of aryl methyl sites for hydroxylation is 1. The Morgan fingerprint density at radius 2 is 1.91 bits per heavy atom. The molecule has 1 aromatic heterocycles. The maximum Gasteiger partial charge on any atom is 0.247 e. The third kappa shape index (κ3) is 6.11. The summed E-state index contributed by atoms with van der Waals surface area (Å²) in [5.41, 5.74) is 1.61. The van der Waals surface area contributed by atoms with Crippen LogP contribution in [0.2, 0.25) is 5.02 Å². The molecule has 2 aliphatic rings. The number of hydrogen-bond donors (Lipinski definition) is 2. The summed E-state index contributed by atoms with van der Waals surface area (Å²) in [6.07, 6.45) is 6.06. The molecule has 0 saturated carbocycles. The second-order valence-corrected chi connectivity index (χ2v) is 9.18. The molecule has 1 aromatic carbocycles. The van der Waals surface area contributed by atoms with Crippen molar-refractivity contribution in [1.29, 1.82) is 5.26 Å². The summed E-state index contributed by atoms with van der Waals surface area (Å²) in [5, 5.41) is 20.1. The highest BCUT2D eigenvalue weighted by molar-refractivity contribution is 6.30. The Bertz CT molecular complexity index is 1130. The Balaban J connectivity index is 1.50. The second-order valence-electron chi connectivity index (χ2n) is 8.74. The highest BCUT2D eigenvalue weighted by Crippen LogP contribution is 2.23. The maximum atomic E-state index is 13.3. The first-order chi connectivity index (χ1) is 16.9. The van der Waals surface area contributed by atoms with Crippen molar-refractivity contribution in [3.8, 4) is 17.5 Å². The molecule has 2 fully saturated rings. The highest BCUT2D eigenvalue weighted by Gasteiger charge is 2.30. The molecule has 184 valence electrons. The summed E-state index contributed by atoms with van der Waals surface area (Å²) < 4.78 is 1.63. The summed E-state index contributed by atoms with van der Waals surface area (Å²) in [6, 6.07) is 8.48. The van der Waals surface area contributed by atoms with Gasteiger partial charge in [-0.15, -0.1) is 0 Å². The number of nitrogens with zero attached hydrogens (tertiary/aromatic N) is 6. The van der Waals surface area contributed by atoms with Crippen LogP contribution >= 0.6 is 11.6 Å². The summed E-state index contributed by atoms with van der Waals surface area (Å²) in [4.78, 5) is 33.9. The van der Waals surface area contributed by atoms with Crippen LogP contribution in [0.25, 0.3) is 11.3 Å². The number of aromatic nitrogens is 2. The molecular formula is C24H29ClN8O2. The van der Waals surface area contributed by atoms with Crippen LogP contribution in [0.1, 0.15) is 32.1 Å². The number of anilines is 1. The van der Waals surface area contributed by atoms with Gasteiger partial charge in [0.05, 0.1) is 12.2 Å². The molecule has 2 saturated heterocycles. The van der Waals surface area contributed by atoms with Crippen LogP contribution in [0, 0.1) is 11.5 Å². The third-order valence-electron chi connectivity index (χ3n) is 6.26. The smallest absolute Gasteiger partial charge is 0.247 e. The lowest BCUT2D eigenvalue weighted by Crippen LogP contribution is -2.45. The number of carbonyl (C=O) groups is 2. The van der Waals surface area contributed by atoms with Crippen molar-refractivity contribution in [1.82, 2.24) is 24.9 Å². The van der Waals surface area contributed by atoms with Crippen molar-refractivity contribution in [2.75, 3.05) is 31.5 Å². The van der Waals surface area contributed by atoms with E-state index >= 15 is 0 Å². The van der Waals surface area contributed by atoms with Gasteiger partial charge in [0.1, 0.15) is 11.9 Å². The second kappa shape index (κ2) is 11.2. The van der Waals surface area contributed by atoms with Crippen molar-refractivity contribution in [3.05, 3.63) is 35.4 Å². The van der Waals surface area contributed by atoms with Crippen LogP contribution in [0.4, 0.5) is 5.82 Å². The molecule has 4 rings (SSSR count). The number of aliphatic imine (C=N–C) groups is 1. The fourth-order valence-electron chi connectivity index (χ4n) is 4.36. The van der Waals surface area contributed by atoms with Crippen molar-refractivity contribution in [3.63, 3.8) is 0 Å². The lowest BCUT2D eigenvalue weighted by molar-refractivity contribution is -0.140. The number of rotatable bonds is 5. The zero-order chi connectivity index (χ0) is 24.8. The largest absolute Gasteiger partial charge is 0.341 e. The van der Waals surface area contributed by atoms with Gasteiger partial charge in [-0.1, -0.05) is 23.7 Å². The summed E-state index contributed by atoms with van der Waals surface area (Å²) in [7, 11) is 1.77. The normalized spacial score (nSPS) is 18.8. The number of hydrogen-bond acceptors (Lipinski definition) is 5. The fourth-order valence-corrected chi connectivity index (χ4v) is 4.49. The van der Waals surface area contributed by atoms with Gasteiger partial charge in [-0.2, -0.15) is 10.4 Å². The molecule has 3 heterocycles. The minimum atomic E-state index is -0.684. The lowest BCUT2D eigenvalue weighted by Gasteiger charge is -2.25. The minimum Gasteiger partial charge on any atom is -0.341 e. The molecule has 0 aliphatic carbocycles. The summed E-state index contributed by atoms with van der Waals surface area (Å²) in [5.74, 6) is 0.544. The van der Waals surface area contributed by atoms with Gasteiger partial charge in [0.15, 0.2) is 6.19 Å². The minimum absolute atomic E-state index is 0.0152. The Morgan fingerprint density at radius 3 is 2.63 bits per heavy atom. The molecule has 2 aromatic rings. The lowest BCUT2D eigenvalue weighted by atomic mass is 10.1. The molecular weight excluding hydrogens is 468 g/mol. The van der Waals surface area contributed by atoms with Gasteiger partial charge >= 0.3 is 0 Å². The van der Waals surface area contributed by atoms with E-state index in [0.29, 0.717) is 23.8 Å². The average Bonchev–Trinajstić information content (AvgIpc) is 3.47. The summed E-state index contributed by atoms with van der Waals surface area (Å²) >= 11 is 5.98. The Kier molecular flexibility index (Phi) is 7.87. The molecule has 35 heavy (non-hydrogen) atoms. The molecule has 0 radical (unpaired) electrons. The van der Waals surface area contributed by atoms with E-state index in [1.165, 1.54) is 0 Å². The van der Waals surface area contributed by atoms with E-state index in [9.17, 15) is 14.9 Å². The average molecular weight is 497 g/mol. The van der Waals surface area contributed by atoms with Crippen LogP contribution in [-0.2, 0) is 16.6 Å². The predicted molar refractivity (Wildman–Crippen MR) is 133 cm³/mol. The van der Waals surface area contributed by atoms with E-state index < -0.39 is 6.04 Å². The van der Waals surface area contributed by atoms with Gasteiger partial charge in [0.25, 0.3) is 0 Å². The van der Waals surface area contributed by atoms with Crippen LogP contribution in [0.15, 0.2) is 35.3 Å². The van der Waals surface area contributed by atoms with E-state index in [2.05, 4.69) is 20.7 Å². The highest BCUT2D eigenvalue weighted by atomic mass is 35.5. The van der Waals surface area contributed by atoms with E-state index in [4.69, 9.17) is 11.6 Å². The maximum absolute atomic E-state index is 13.3. The zero-order valence-corrected chi connectivity index (χ0v) is 20.5. The van der Waals surface area contributed by atoms with Gasteiger partial charge in [-0.25, -0.2) is 4.99 Å². The summed E-state index contributed by atoms with van der Waals surface area (Å²) in [6.45, 7) is 2.12. The van der Waals surface area contributed by atoms with E-state index in [1.807, 2.05) is 29.3 Å². The van der Waals surface area contributed by atoms with Gasteiger partial charge in [-0.05, 0) is 44.2 Å². The molecule has 2 amide bonds. The number of carbonyl (C=O) groups excluding carboxylic acids is 2. The Hall–Kier alpha value is -3.58. The van der Waals surface area contributed by atoms with Crippen molar-refractivity contribution >= 4 is 35.2 Å². The van der Waals surface area contributed by atoms with Crippen LogP contribution in [0.3, 0.4) is 0 Å². The van der Waals surface area contributed by atoms with Gasteiger partial charge < -0.3 is 15.1 Å². The first-order valence-corrected chi connectivity index (χ1v) is 12.2. The number of benzene rings is 1. The van der Waals surface area contributed by atoms with Crippen LogP contribution in [0.5, 0.6) is 0 Å². The van der Waals surface area contributed by atoms with Gasteiger partial charge in [-0.3, -0.25) is 19.6 Å². The number of nitrogens with one attached hydrogen (secondary N) is 2. The number of likely N-dealkylation sites (tertiary alicyclic amines) is 2. The van der Waals surface area contributed by atoms with Gasteiger partial charge in [0, 0.05) is 43.3 Å². The first kappa shape index (κ1) is 24.5. The van der Waals surface area contributed by atoms with Crippen LogP contribution in [-0.4, -0.2) is 69.6 Å².